The molecular weight excluding hydrogens is 415 g/mol. The van der Waals surface area contributed by atoms with Crippen molar-refractivity contribution in [3.05, 3.63) is 34.9 Å². The molecular formula is C24H37O6P. The number of aromatic hydroxyl groups is 1. The first-order valence-corrected chi connectivity index (χ1v) is 12.3. The Bertz CT molecular complexity index is 836. The molecule has 0 aliphatic heterocycles. The molecule has 1 aromatic rings. The lowest BCUT2D eigenvalue weighted by molar-refractivity contribution is -0.126. The highest BCUT2D eigenvalue weighted by atomic mass is 31.2. The van der Waals surface area contributed by atoms with Crippen LogP contribution >= 0.6 is 7.60 Å². The van der Waals surface area contributed by atoms with Crippen molar-refractivity contribution in [2.24, 2.45) is 0 Å². The molecule has 0 spiro atoms. The molecule has 0 aromatic heterocycles. The molecule has 1 N–H and O–H groups in total. The largest absolute Gasteiger partial charge is 0.507 e. The van der Waals surface area contributed by atoms with Crippen LogP contribution in [0.5, 0.6) is 5.75 Å². The molecule has 0 bridgehead atoms. The Labute approximate surface area is 186 Å². The molecule has 0 amide bonds. The van der Waals surface area contributed by atoms with Crippen LogP contribution in [0.2, 0.25) is 0 Å². The molecule has 1 atom stereocenters. The van der Waals surface area contributed by atoms with E-state index >= 15 is 0 Å². The fraction of sp³-hybridized carbons (Fsp3) is 0.583. The van der Waals surface area contributed by atoms with Gasteiger partial charge in [0.05, 0.1) is 13.0 Å². The molecule has 0 saturated heterocycles. The minimum absolute atomic E-state index is 0.162. The van der Waals surface area contributed by atoms with E-state index in [4.69, 9.17) is 9.05 Å². The first kappa shape index (κ1) is 27.3. The number of rotatable bonds is 10. The normalized spacial score (nSPS) is 14.6. The van der Waals surface area contributed by atoms with Crippen molar-refractivity contribution in [1.29, 1.82) is 0 Å². The first-order chi connectivity index (χ1) is 14.1. The van der Waals surface area contributed by atoms with Gasteiger partial charge in [0.15, 0.2) is 11.6 Å². The maximum atomic E-state index is 12.3. The summed E-state index contributed by atoms with van der Waals surface area (Å²) in [7, 11) is -3.28. The predicted octanol–water partition coefficient (Wildman–Crippen LogP) is 5.79. The van der Waals surface area contributed by atoms with Gasteiger partial charge in [-0.15, -0.1) is 0 Å². The Balaban J connectivity index is 2.97. The molecule has 0 saturated carbocycles. The highest BCUT2D eigenvalue weighted by Gasteiger charge is 2.26. The van der Waals surface area contributed by atoms with Gasteiger partial charge < -0.3 is 14.2 Å². The zero-order chi connectivity index (χ0) is 24.0. The van der Waals surface area contributed by atoms with Crippen molar-refractivity contribution in [3.8, 4) is 5.75 Å². The molecule has 0 heterocycles. The van der Waals surface area contributed by atoms with Crippen molar-refractivity contribution in [2.75, 3.05) is 19.4 Å². The molecule has 1 unspecified atom stereocenters. The molecule has 0 radical (unpaired) electrons. The number of ketones is 2. The smallest absolute Gasteiger partial charge is 0.330 e. The van der Waals surface area contributed by atoms with E-state index in [0.29, 0.717) is 0 Å². The average Bonchev–Trinajstić information content (AvgIpc) is 2.64. The maximum Gasteiger partial charge on any atom is 0.330 e. The Morgan fingerprint density at radius 1 is 1.00 bits per heavy atom. The Morgan fingerprint density at radius 3 is 1.94 bits per heavy atom. The molecule has 1 aromatic carbocycles. The lowest BCUT2D eigenvalue weighted by Gasteiger charge is -2.27. The second-order valence-corrected chi connectivity index (χ2v) is 12.0. The summed E-state index contributed by atoms with van der Waals surface area (Å²) in [5.41, 5.74) is 1.81. The van der Waals surface area contributed by atoms with Gasteiger partial charge in [-0.05, 0) is 41.5 Å². The van der Waals surface area contributed by atoms with Gasteiger partial charge in [0, 0.05) is 17.3 Å². The van der Waals surface area contributed by atoms with E-state index in [2.05, 4.69) is 0 Å². The van der Waals surface area contributed by atoms with Crippen molar-refractivity contribution in [2.45, 2.75) is 72.6 Å². The molecule has 6 nitrogen and oxygen atoms in total. The SMILES string of the molecule is CCOP(=O)(CC)OCC(=O)CC(=O)C=Cc1cc(C(C)(C)C)c(O)c(C(C)(C)C)c1. The quantitative estimate of drug-likeness (QED) is 0.274. The molecule has 0 aliphatic rings. The van der Waals surface area contributed by atoms with Crippen LogP contribution in [0.1, 0.15) is 78.5 Å². The Morgan fingerprint density at radius 2 is 1.52 bits per heavy atom. The van der Waals surface area contributed by atoms with E-state index in [-0.39, 0.29) is 41.6 Å². The highest BCUT2D eigenvalue weighted by molar-refractivity contribution is 7.53. The summed E-state index contributed by atoms with van der Waals surface area (Å²) in [5.74, 6) is -0.566. The van der Waals surface area contributed by atoms with Crippen molar-refractivity contribution >= 4 is 25.2 Å². The van der Waals surface area contributed by atoms with E-state index in [1.165, 1.54) is 6.08 Å². The van der Waals surface area contributed by atoms with Gasteiger partial charge in [-0.2, -0.15) is 0 Å². The third kappa shape index (κ3) is 8.36. The van der Waals surface area contributed by atoms with Crippen molar-refractivity contribution in [3.63, 3.8) is 0 Å². The van der Waals surface area contributed by atoms with E-state index in [0.717, 1.165) is 16.7 Å². The zero-order valence-electron chi connectivity index (χ0n) is 20.1. The average molecular weight is 453 g/mol. The Kier molecular flexibility index (Phi) is 9.43. The van der Waals surface area contributed by atoms with Crippen LogP contribution in [0.15, 0.2) is 18.2 Å². The lowest BCUT2D eigenvalue weighted by Crippen LogP contribution is -2.17. The monoisotopic (exact) mass is 452 g/mol. The second kappa shape index (κ2) is 10.7. The van der Waals surface area contributed by atoms with Crippen LogP contribution in [-0.4, -0.2) is 36.0 Å². The number of phenols is 1. The molecule has 174 valence electrons. The lowest BCUT2D eigenvalue weighted by atomic mass is 9.78. The van der Waals surface area contributed by atoms with E-state index < -0.39 is 20.0 Å². The van der Waals surface area contributed by atoms with E-state index in [9.17, 15) is 19.3 Å². The summed E-state index contributed by atoms with van der Waals surface area (Å²) in [4.78, 5) is 24.3. The number of hydrogen-bond acceptors (Lipinski definition) is 6. The highest BCUT2D eigenvalue weighted by Crippen LogP contribution is 2.47. The van der Waals surface area contributed by atoms with Crippen LogP contribution in [-0.2, 0) is 34.0 Å². The summed E-state index contributed by atoms with van der Waals surface area (Å²) in [6, 6.07) is 3.72. The van der Waals surface area contributed by atoms with Gasteiger partial charge in [-0.1, -0.05) is 54.5 Å². The molecule has 31 heavy (non-hydrogen) atoms. The molecule has 0 fully saturated rings. The van der Waals surface area contributed by atoms with Gasteiger partial charge in [0.25, 0.3) is 0 Å². The number of allylic oxidation sites excluding steroid dienone is 1. The summed E-state index contributed by atoms with van der Waals surface area (Å²) in [6.45, 7) is 15.3. The van der Waals surface area contributed by atoms with Crippen LogP contribution in [0, 0.1) is 0 Å². The van der Waals surface area contributed by atoms with Gasteiger partial charge >= 0.3 is 7.60 Å². The van der Waals surface area contributed by atoms with Gasteiger partial charge in [0.2, 0.25) is 0 Å². The van der Waals surface area contributed by atoms with Gasteiger partial charge in [-0.3, -0.25) is 14.2 Å². The standard InChI is InChI=1S/C24H37O6P/c1-9-29-31(28,10-2)30-16-19(26)15-18(25)12-11-17-13-20(23(3,4)5)22(27)21(14-17)24(6,7)8/h11-14,27H,9-10,15-16H2,1-8H3. The number of carbonyl (C=O) groups is 2. The number of Topliss-reactive ketones (excluding diaryl/α,β-unsaturated/α-hetero) is 1. The zero-order valence-corrected chi connectivity index (χ0v) is 21.0. The Hall–Kier alpha value is -1.75. The third-order valence-corrected chi connectivity index (χ3v) is 6.67. The first-order valence-electron chi connectivity index (χ1n) is 10.6. The summed E-state index contributed by atoms with van der Waals surface area (Å²) >= 11 is 0. The number of carbonyl (C=O) groups excluding carboxylic acids is 2. The van der Waals surface area contributed by atoms with Crippen LogP contribution in [0.25, 0.3) is 6.08 Å². The molecule has 7 heteroatoms. The van der Waals surface area contributed by atoms with Crippen LogP contribution < -0.4 is 0 Å². The predicted molar refractivity (Wildman–Crippen MR) is 125 cm³/mol. The fourth-order valence-electron chi connectivity index (χ4n) is 2.98. The number of benzene rings is 1. The van der Waals surface area contributed by atoms with Gasteiger partial charge in [-0.25, -0.2) is 0 Å². The minimum atomic E-state index is -3.28. The maximum absolute atomic E-state index is 12.3. The summed E-state index contributed by atoms with van der Waals surface area (Å²) in [5, 5.41) is 10.8. The molecule has 0 aliphatic carbocycles. The minimum Gasteiger partial charge on any atom is -0.507 e. The third-order valence-electron chi connectivity index (χ3n) is 4.72. The van der Waals surface area contributed by atoms with Crippen molar-refractivity contribution < 1.29 is 28.3 Å². The number of hydrogen-bond donors (Lipinski definition) is 1. The summed E-state index contributed by atoms with van der Waals surface area (Å²) in [6.07, 6.45) is 2.82. The number of phenolic OH excluding ortho intramolecular Hbond substituents is 1. The van der Waals surface area contributed by atoms with Crippen molar-refractivity contribution in [1.82, 2.24) is 0 Å². The molecule has 1 rings (SSSR count). The van der Waals surface area contributed by atoms with E-state index in [1.54, 1.807) is 19.9 Å². The van der Waals surface area contributed by atoms with E-state index in [1.807, 2.05) is 53.7 Å². The van der Waals surface area contributed by atoms with Gasteiger partial charge in [0.1, 0.15) is 12.4 Å². The van der Waals surface area contributed by atoms with Crippen LogP contribution in [0.4, 0.5) is 0 Å². The van der Waals surface area contributed by atoms with Crippen LogP contribution in [0.3, 0.4) is 0 Å². The summed E-state index contributed by atoms with van der Waals surface area (Å²) < 4.78 is 22.5. The second-order valence-electron chi connectivity index (χ2n) is 9.60. The topological polar surface area (TPSA) is 89.9 Å². The fourth-order valence-corrected chi connectivity index (χ4v) is 4.15.